The molecule has 5 aromatic rings. The third kappa shape index (κ3) is 2.81. The van der Waals surface area contributed by atoms with Gasteiger partial charge in [-0.1, -0.05) is 11.6 Å². The van der Waals surface area contributed by atoms with Crippen molar-refractivity contribution in [2.75, 3.05) is 5.32 Å². The first kappa shape index (κ1) is 17.3. The van der Waals surface area contributed by atoms with E-state index in [4.69, 9.17) is 16.0 Å². The van der Waals surface area contributed by atoms with E-state index in [0.717, 1.165) is 5.39 Å². The Morgan fingerprint density at radius 2 is 1.93 bits per heavy atom. The summed E-state index contributed by atoms with van der Waals surface area (Å²) in [6.45, 7) is 1.43. The summed E-state index contributed by atoms with van der Waals surface area (Å²) in [5.41, 5.74) is 2.54. The Morgan fingerprint density at radius 3 is 2.72 bits per heavy atom. The van der Waals surface area contributed by atoms with Crippen LogP contribution in [-0.2, 0) is 0 Å². The van der Waals surface area contributed by atoms with Crippen molar-refractivity contribution < 1.29 is 9.21 Å². The van der Waals surface area contributed by atoms with Gasteiger partial charge >= 0.3 is 0 Å². The smallest absolute Gasteiger partial charge is 0.244 e. The van der Waals surface area contributed by atoms with Gasteiger partial charge in [0.05, 0.1) is 28.6 Å². The molecule has 29 heavy (non-hydrogen) atoms. The minimum Gasteiger partial charge on any atom is -0.449 e. The molecule has 0 aliphatic heterocycles. The van der Waals surface area contributed by atoms with E-state index in [9.17, 15) is 4.79 Å². The second kappa shape index (κ2) is 6.68. The molecule has 142 valence electrons. The van der Waals surface area contributed by atoms with Gasteiger partial charge in [-0.2, -0.15) is 9.78 Å². The number of anilines is 2. The molecule has 1 N–H and O–H groups in total. The predicted octanol–water partition coefficient (Wildman–Crippen LogP) is 4.69. The van der Waals surface area contributed by atoms with Crippen molar-refractivity contribution >= 4 is 50.8 Å². The van der Waals surface area contributed by atoms with E-state index >= 15 is 0 Å². The molecule has 0 saturated carbocycles. The largest absolute Gasteiger partial charge is 0.449 e. The number of carbonyl (C=O) groups excluding carboxylic acids is 1. The van der Waals surface area contributed by atoms with Crippen LogP contribution in [0.1, 0.15) is 11.7 Å². The number of hydrogen-bond donors (Lipinski definition) is 1. The summed E-state index contributed by atoms with van der Waals surface area (Å²) < 4.78 is 7.26. The number of carbonyl (C=O) groups is 1. The number of aromatic nitrogens is 5. The van der Waals surface area contributed by atoms with Crippen molar-refractivity contribution in [3.8, 4) is 11.6 Å². The van der Waals surface area contributed by atoms with Gasteiger partial charge in [0.1, 0.15) is 0 Å². The minimum atomic E-state index is -0.225. The molecule has 0 amide bonds. The SMILES string of the molecule is CC(=O)n1ncc2c(Nc3c(-c4ncccn4)oc4cnccc34)ccc(Cl)c21. The van der Waals surface area contributed by atoms with Crippen molar-refractivity contribution in [1.29, 1.82) is 0 Å². The molecule has 0 bridgehead atoms. The Bertz CT molecular complexity index is 1380. The van der Waals surface area contributed by atoms with Gasteiger partial charge in [-0.15, -0.1) is 0 Å². The minimum absolute atomic E-state index is 0.225. The first-order valence-corrected chi connectivity index (χ1v) is 9.09. The molecule has 9 heteroatoms. The molecule has 0 spiro atoms. The molecule has 0 saturated heterocycles. The highest BCUT2D eigenvalue weighted by Gasteiger charge is 2.20. The zero-order valence-corrected chi connectivity index (χ0v) is 15.9. The summed E-state index contributed by atoms with van der Waals surface area (Å²) in [7, 11) is 0. The number of rotatable bonds is 3. The molecule has 4 heterocycles. The van der Waals surface area contributed by atoms with E-state index in [2.05, 4.69) is 25.4 Å². The van der Waals surface area contributed by atoms with Crippen LogP contribution >= 0.6 is 11.6 Å². The maximum atomic E-state index is 11.9. The molecule has 0 aliphatic rings. The van der Waals surface area contributed by atoms with Crippen molar-refractivity contribution in [3.05, 3.63) is 60.3 Å². The summed E-state index contributed by atoms with van der Waals surface area (Å²) in [5.74, 6) is 0.698. The monoisotopic (exact) mass is 404 g/mol. The average molecular weight is 405 g/mol. The molecule has 4 aromatic heterocycles. The van der Waals surface area contributed by atoms with Crippen molar-refractivity contribution in [2.45, 2.75) is 6.92 Å². The lowest BCUT2D eigenvalue weighted by molar-refractivity contribution is 0.0927. The van der Waals surface area contributed by atoms with Crippen LogP contribution in [0, 0.1) is 0 Å². The zero-order chi connectivity index (χ0) is 20.0. The van der Waals surface area contributed by atoms with E-state index < -0.39 is 0 Å². The summed E-state index contributed by atoms with van der Waals surface area (Å²) >= 11 is 6.34. The summed E-state index contributed by atoms with van der Waals surface area (Å²) in [6, 6.07) is 7.13. The van der Waals surface area contributed by atoms with Crippen LogP contribution in [0.4, 0.5) is 11.4 Å². The Kier molecular flexibility index (Phi) is 3.99. The second-order valence-electron chi connectivity index (χ2n) is 6.31. The number of nitrogens with one attached hydrogen (secondary N) is 1. The molecular weight excluding hydrogens is 392 g/mol. The zero-order valence-electron chi connectivity index (χ0n) is 15.1. The van der Waals surface area contributed by atoms with Gasteiger partial charge in [0.15, 0.2) is 17.2 Å². The summed E-state index contributed by atoms with van der Waals surface area (Å²) in [6.07, 6.45) is 8.22. The van der Waals surface area contributed by atoms with E-state index in [1.165, 1.54) is 11.6 Å². The number of halogens is 1. The molecule has 1 aromatic carbocycles. The fraction of sp³-hybridized carbons (Fsp3) is 0.0500. The van der Waals surface area contributed by atoms with Crippen molar-refractivity contribution in [3.63, 3.8) is 0 Å². The Labute approximate surface area is 169 Å². The molecule has 0 radical (unpaired) electrons. The molecule has 0 atom stereocenters. The van der Waals surface area contributed by atoms with Gasteiger partial charge in [-0.25, -0.2) is 9.97 Å². The van der Waals surface area contributed by atoms with Gasteiger partial charge in [-0.3, -0.25) is 9.78 Å². The third-order valence-corrected chi connectivity index (χ3v) is 4.81. The molecule has 0 unspecified atom stereocenters. The summed E-state index contributed by atoms with van der Waals surface area (Å²) in [5, 5.41) is 9.53. The number of benzene rings is 1. The van der Waals surface area contributed by atoms with Gasteiger partial charge in [0.25, 0.3) is 0 Å². The first-order chi connectivity index (χ1) is 14.1. The number of fused-ring (bicyclic) bond motifs is 2. The van der Waals surface area contributed by atoms with E-state index in [1.807, 2.05) is 12.1 Å². The van der Waals surface area contributed by atoms with Crippen molar-refractivity contribution in [1.82, 2.24) is 24.7 Å². The van der Waals surface area contributed by atoms with Crippen LogP contribution in [-0.4, -0.2) is 30.6 Å². The lowest BCUT2D eigenvalue weighted by atomic mass is 10.2. The fourth-order valence-electron chi connectivity index (χ4n) is 3.23. The van der Waals surface area contributed by atoms with E-state index in [1.54, 1.807) is 43.1 Å². The van der Waals surface area contributed by atoms with Crippen LogP contribution < -0.4 is 5.32 Å². The van der Waals surface area contributed by atoms with E-state index in [-0.39, 0.29) is 5.91 Å². The lowest BCUT2D eigenvalue weighted by Gasteiger charge is -2.09. The Morgan fingerprint density at radius 1 is 1.10 bits per heavy atom. The third-order valence-electron chi connectivity index (χ3n) is 4.50. The molecule has 0 aliphatic carbocycles. The quantitative estimate of drug-likeness (QED) is 0.465. The number of pyridine rings is 1. The highest BCUT2D eigenvalue weighted by molar-refractivity contribution is 6.36. The maximum absolute atomic E-state index is 11.9. The normalized spacial score (nSPS) is 11.2. The average Bonchev–Trinajstić information content (AvgIpc) is 3.34. The molecular formula is C20H13ClN6O2. The van der Waals surface area contributed by atoms with Crippen LogP contribution in [0.15, 0.2) is 59.7 Å². The van der Waals surface area contributed by atoms with Gasteiger partial charge in [-0.05, 0) is 24.3 Å². The second-order valence-corrected chi connectivity index (χ2v) is 6.72. The summed E-state index contributed by atoms with van der Waals surface area (Å²) in [4.78, 5) is 24.6. The highest BCUT2D eigenvalue weighted by Crippen LogP contribution is 2.40. The molecule has 5 rings (SSSR count). The van der Waals surface area contributed by atoms with Gasteiger partial charge in [0.2, 0.25) is 5.91 Å². The first-order valence-electron chi connectivity index (χ1n) is 8.71. The lowest BCUT2D eigenvalue weighted by Crippen LogP contribution is -2.07. The van der Waals surface area contributed by atoms with Gasteiger partial charge in [0, 0.05) is 42.0 Å². The fourth-order valence-corrected chi connectivity index (χ4v) is 3.48. The van der Waals surface area contributed by atoms with E-state index in [0.29, 0.717) is 44.5 Å². The molecule has 8 nitrogen and oxygen atoms in total. The Balaban J connectivity index is 1.72. The number of furan rings is 1. The van der Waals surface area contributed by atoms with Crippen LogP contribution in [0.3, 0.4) is 0 Å². The topological polar surface area (TPSA) is 98.7 Å². The standard InChI is InChI=1S/C20H13ClN6O2/c1-11(28)27-18-13(9-25-27)15(4-3-14(18)21)26-17-12-5-8-22-10-16(12)29-19(17)20-23-6-2-7-24-20/h2-10,26H,1H3. The van der Waals surface area contributed by atoms with Crippen LogP contribution in [0.25, 0.3) is 33.5 Å². The highest BCUT2D eigenvalue weighted by atomic mass is 35.5. The van der Waals surface area contributed by atoms with Crippen LogP contribution in [0.2, 0.25) is 5.02 Å². The maximum Gasteiger partial charge on any atom is 0.244 e. The number of nitrogens with zero attached hydrogens (tertiary/aromatic N) is 5. The number of hydrogen-bond acceptors (Lipinski definition) is 7. The van der Waals surface area contributed by atoms with Crippen LogP contribution in [0.5, 0.6) is 0 Å². The Hall–Kier alpha value is -3.78. The van der Waals surface area contributed by atoms with Crippen molar-refractivity contribution in [2.24, 2.45) is 0 Å². The molecule has 0 fully saturated rings. The predicted molar refractivity (Wildman–Crippen MR) is 109 cm³/mol. The van der Waals surface area contributed by atoms with Gasteiger partial charge < -0.3 is 9.73 Å².